The van der Waals surface area contributed by atoms with E-state index in [0.29, 0.717) is 0 Å². The summed E-state index contributed by atoms with van der Waals surface area (Å²) in [5.41, 5.74) is 2.95. The Bertz CT molecular complexity index is 808. The van der Waals surface area contributed by atoms with Crippen LogP contribution in [0.4, 0.5) is 5.69 Å². The topological polar surface area (TPSA) is 71.8 Å². The number of nitrogens with one attached hydrogen (secondary N) is 1. The van der Waals surface area contributed by atoms with E-state index in [1.165, 1.54) is 0 Å². The molecule has 7 nitrogen and oxygen atoms in total. The van der Waals surface area contributed by atoms with Crippen molar-refractivity contribution >= 4 is 17.3 Å². The van der Waals surface area contributed by atoms with Gasteiger partial charge in [-0.2, -0.15) is 5.10 Å². The maximum atomic E-state index is 12.6. The molecule has 1 amide bonds. The van der Waals surface area contributed by atoms with Crippen molar-refractivity contribution in [2.75, 3.05) is 25.0 Å². The predicted molar refractivity (Wildman–Crippen MR) is 109 cm³/mol. The Morgan fingerprint density at radius 3 is 2.68 bits per heavy atom. The summed E-state index contributed by atoms with van der Waals surface area (Å²) in [6.45, 7) is 4.87. The first kappa shape index (κ1) is 18.7. The Kier molecular flexibility index (Phi) is 5.71. The van der Waals surface area contributed by atoms with Crippen LogP contribution in [0.2, 0.25) is 0 Å². The lowest BCUT2D eigenvalue weighted by Crippen LogP contribution is -2.41. The third kappa shape index (κ3) is 4.42. The molecule has 0 unspecified atom stereocenters. The van der Waals surface area contributed by atoms with Crippen LogP contribution in [-0.4, -0.2) is 52.0 Å². The second-order valence-corrected chi connectivity index (χ2v) is 7.50. The molecular formula is C21H27N5O2. The van der Waals surface area contributed by atoms with Crippen molar-refractivity contribution in [2.24, 2.45) is 11.1 Å². The van der Waals surface area contributed by atoms with Gasteiger partial charge in [-0.15, -0.1) is 0 Å². The fraction of sp³-hybridized carbons (Fsp3) is 0.476. The molecule has 0 bridgehead atoms. The molecule has 7 heteroatoms. The van der Waals surface area contributed by atoms with E-state index in [1.54, 1.807) is 10.9 Å². The van der Waals surface area contributed by atoms with Crippen LogP contribution < -0.4 is 5.32 Å². The number of amides is 1. The van der Waals surface area contributed by atoms with Crippen molar-refractivity contribution in [1.29, 1.82) is 0 Å². The molecule has 1 saturated heterocycles. The lowest BCUT2D eigenvalue weighted by atomic mass is 9.95. The maximum Gasteiger partial charge on any atom is 0.227 e. The van der Waals surface area contributed by atoms with Gasteiger partial charge in [-0.1, -0.05) is 12.1 Å². The third-order valence-electron chi connectivity index (χ3n) is 5.53. The summed E-state index contributed by atoms with van der Waals surface area (Å²) in [5.74, 6) is 0.175. The fourth-order valence-electron chi connectivity index (χ4n) is 3.82. The van der Waals surface area contributed by atoms with E-state index in [2.05, 4.69) is 27.4 Å². The molecule has 1 atom stereocenters. The molecule has 2 aromatic rings. The highest BCUT2D eigenvalue weighted by Crippen LogP contribution is 2.22. The van der Waals surface area contributed by atoms with Gasteiger partial charge in [0.2, 0.25) is 5.91 Å². The molecule has 0 spiro atoms. The van der Waals surface area contributed by atoms with Crippen LogP contribution >= 0.6 is 0 Å². The minimum Gasteiger partial charge on any atom is -0.391 e. The number of benzene rings is 1. The van der Waals surface area contributed by atoms with Gasteiger partial charge < -0.3 is 10.2 Å². The number of carbonyl (C=O) groups is 1. The Morgan fingerprint density at radius 2 is 2.04 bits per heavy atom. The van der Waals surface area contributed by atoms with Crippen molar-refractivity contribution < 1.29 is 9.63 Å². The van der Waals surface area contributed by atoms with Crippen LogP contribution in [0.3, 0.4) is 0 Å². The Balaban J connectivity index is 1.23. The molecule has 1 aromatic carbocycles. The van der Waals surface area contributed by atoms with Crippen LogP contribution in [0.1, 0.15) is 32.6 Å². The third-order valence-corrected chi connectivity index (χ3v) is 5.53. The molecule has 1 aromatic heterocycles. The Labute approximate surface area is 165 Å². The van der Waals surface area contributed by atoms with E-state index < -0.39 is 0 Å². The smallest absolute Gasteiger partial charge is 0.227 e. The largest absolute Gasteiger partial charge is 0.391 e. The van der Waals surface area contributed by atoms with E-state index >= 15 is 0 Å². The minimum absolute atomic E-state index is 0.0639. The van der Waals surface area contributed by atoms with Gasteiger partial charge in [0, 0.05) is 37.0 Å². The summed E-state index contributed by atoms with van der Waals surface area (Å²) in [7, 11) is 0. The Morgan fingerprint density at radius 1 is 1.25 bits per heavy atom. The lowest BCUT2D eigenvalue weighted by Gasteiger charge is -2.32. The highest BCUT2D eigenvalue weighted by atomic mass is 16.6. The molecule has 0 radical (unpaired) electrons. The normalized spacial score (nSPS) is 20.6. The molecule has 2 aliphatic rings. The number of piperidine rings is 1. The van der Waals surface area contributed by atoms with E-state index in [0.717, 1.165) is 62.4 Å². The average Bonchev–Trinajstić information content (AvgIpc) is 3.41. The molecule has 0 aliphatic carbocycles. The molecule has 2 aliphatic heterocycles. The number of hydrogen-bond acceptors (Lipinski definition) is 5. The van der Waals surface area contributed by atoms with E-state index in [-0.39, 0.29) is 17.9 Å². The highest BCUT2D eigenvalue weighted by molar-refractivity contribution is 5.92. The number of nitrogens with zero attached hydrogens (tertiary/aromatic N) is 4. The molecular weight excluding hydrogens is 354 g/mol. The van der Waals surface area contributed by atoms with Gasteiger partial charge in [-0.25, -0.2) is 4.68 Å². The number of carbonyl (C=O) groups excluding carboxylic acids is 1. The first-order valence-corrected chi connectivity index (χ1v) is 10.1. The van der Waals surface area contributed by atoms with Crippen LogP contribution in [0.25, 0.3) is 5.69 Å². The van der Waals surface area contributed by atoms with Gasteiger partial charge in [0.1, 0.15) is 6.10 Å². The van der Waals surface area contributed by atoms with Gasteiger partial charge in [0.25, 0.3) is 0 Å². The van der Waals surface area contributed by atoms with Crippen molar-refractivity contribution in [2.45, 2.75) is 38.7 Å². The van der Waals surface area contributed by atoms with E-state index in [4.69, 9.17) is 4.84 Å². The SMILES string of the molecule is CCC1=NO[C@@H](CN2CCC(C(=O)Nc3ccc(-n4cccn4)cc3)CC2)C1. The summed E-state index contributed by atoms with van der Waals surface area (Å²) in [4.78, 5) is 20.5. The van der Waals surface area contributed by atoms with Crippen LogP contribution in [0.15, 0.2) is 47.9 Å². The Hall–Kier alpha value is -2.67. The summed E-state index contributed by atoms with van der Waals surface area (Å²) in [5, 5.41) is 11.4. The van der Waals surface area contributed by atoms with E-state index in [1.807, 2.05) is 36.5 Å². The fourth-order valence-corrected chi connectivity index (χ4v) is 3.82. The van der Waals surface area contributed by atoms with Crippen molar-refractivity contribution in [3.8, 4) is 5.69 Å². The van der Waals surface area contributed by atoms with Crippen LogP contribution in [0.5, 0.6) is 0 Å². The zero-order chi connectivity index (χ0) is 19.3. The monoisotopic (exact) mass is 381 g/mol. The van der Waals surface area contributed by atoms with Crippen molar-refractivity contribution in [3.05, 3.63) is 42.7 Å². The first-order valence-electron chi connectivity index (χ1n) is 10.1. The number of aromatic nitrogens is 2. The molecule has 148 valence electrons. The zero-order valence-electron chi connectivity index (χ0n) is 16.3. The van der Waals surface area contributed by atoms with Crippen LogP contribution in [0, 0.1) is 5.92 Å². The summed E-state index contributed by atoms with van der Waals surface area (Å²) < 4.78 is 1.80. The first-order chi connectivity index (χ1) is 13.7. The van der Waals surface area contributed by atoms with Crippen LogP contribution in [-0.2, 0) is 9.63 Å². The lowest BCUT2D eigenvalue weighted by molar-refractivity contribution is -0.121. The molecule has 4 rings (SSSR count). The summed E-state index contributed by atoms with van der Waals surface area (Å²) in [6, 6.07) is 9.65. The maximum absolute atomic E-state index is 12.6. The second kappa shape index (κ2) is 8.56. The number of rotatable bonds is 6. The second-order valence-electron chi connectivity index (χ2n) is 7.50. The molecule has 1 fully saturated rings. The van der Waals surface area contributed by atoms with Crippen molar-refractivity contribution in [3.63, 3.8) is 0 Å². The number of hydrogen-bond donors (Lipinski definition) is 1. The number of anilines is 1. The summed E-state index contributed by atoms with van der Waals surface area (Å²) in [6.07, 6.45) is 7.47. The molecule has 3 heterocycles. The summed E-state index contributed by atoms with van der Waals surface area (Å²) >= 11 is 0. The van der Waals surface area contributed by atoms with Crippen molar-refractivity contribution in [1.82, 2.24) is 14.7 Å². The van der Waals surface area contributed by atoms with Gasteiger partial charge in [0.05, 0.1) is 11.4 Å². The van der Waals surface area contributed by atoms with E-state index in [9.17, 15) is 4.79 Å². The quantitative estimate of drug-likeness (QED) is 0.835. The number of likely N-dealkylation sites (tertiary alicyclic amines) is 1. The highest BCUT2D eigenvalue weighted by Gasteiger charge is 2.28. The average molecular weight is 381 g/mol. The van der Waals surface area contributed by atoms with Gasteiger partial charge in [-0.05, 0) is 62.7 Å². The van der Waals surface area contributed by atoms with Gasteiger partial charge >= 0.3 is 0 Å². The minimum atomic E-state index is 0.0639. The number of oxime groups is 1. The predicted octanol–water partition coefficient (Wildman–Crippen LogP) is 3.08. The standard InChI is InChI=1S/C21H27N5O2/c1-2-17-14-20(28-24-17)15-25-12-8-16(9-13-25)21(27)23-18-4-6-19(7-5-18)26-11-3-10-22-26/h3-7,10-11,16,20H,2,8-9,12-15H2,1H3,(H,23,27)/t20-/m1/s1. The molecule has 1 N–H and O–H groups in total. The zero-order valence-corrected chi connectivity index (χ0v) is 16.3. The van der Waals surface area contributed by atoms with Gasteiger partial charge in [0.15, 0.2) is 0 Å². The molecule has 0 saturated carbocycles. The van der Waals surface area contributed by atoms with Gasteiger partial charge in [-0.3, -0.25) is 9.69 Å². The molecule has 28 heavy (non-hydrogen) atoms.